The number of phenolic OH excluding ortho intramolecular Hbond substituents is 1. The minimum Gasteiger partial charge on any atom is -0.506 e. The van der Waals surface area contributed by atoms with E-state index in [1.165, 1.54) is 30.6 Å². The third-order valence-electron chi connectivity index (χ3n) is 6.80. The second-order valence-electron chi connectivity index (χ2n) is 8.44. The summed E-state index contributed by atoms with van der Waals surface area (Å²) in [6.07, 6.45) is 1.54. The molecule has 2 aromatic carbocycles. The van der Waals surface area contributed by atoms with Gasteiger partial charge >= 0.3 is 5.97 Å². The lowest BCUT2D eigenvalue weighted by atomic mass is 9.97. The molecule has 1 spiro atoms. The normalized spacial score (nSPS) is 28.7. The van der Waals surface area contributed by atoms with E-state index in [4.69, 9.17) is 37.7 Å². The maximum atomic E-state index is 13.6. The SMILES string of the molecule is COC(=O)[C@H]1[C@@]23Oc4ccccc4[C@@H]2n2c(sc(=Cc4cc(Cl)cc(Cl)c4O)c2=O)=N[C@@]13C. The Morgan fingerprint density at radius 1 is 1.33 bits per heavy atom. The number of rotatable bonds is 2. The van der Waals surface area contributed by atoms with Gasteiger partial charge in [0.25, 0.3) is 5.56 Å². The van der Waals surface area contributed by atoms with E-state index in [9.17, 15) is 14.7 Å². The molecule has 1 fully saturated rings. The summed E-state index contributed by atoms with van der Waals surface area (Å²) in [6.45, 7) is 1.85. The van der Waals surface area contributed by atoms with Crippen molar-refractivity contribution in [2.75, 3.05) is 7.11 Å². The van der Waals surface area contributed by atoms with Crippen molar-refractivity contribution in [2.24, 2.45) is 10.9 Å². The molecule has 3 aromatic rings. The van der Waals surface area contributed by atoms with Gasteiger partial charge in [-0.15, -0.1) is 0 Å². The molecule has 33 heavy (non-hydrogen) atoms. The van der Waals surface area contributed by atoms with Gasteiger partial charge in [0.05, 0.1) is 16.7 Å². The van der Waals surface area contributed by atoms with E-state index in [-0.39, 0.29) is 16.3 Å². The quantitative estimate of drug-likeness (QED) is 0.544. The molecule has 2 aliphatic heterocycles. The zero-order chi connectivity index (χ0) is 23.3. The molecule has 3 aliphatic rings. The Hall–Kier alpha value is -2.81. The summed E-state index contributed by atoms with van der Waals surface area (Å²) in [4.78, 5) is 31.6. The number of esters is 1. The van der Waals surface area contributed by atoms with Crippen LogP contribution in [0.5, 0.6) is 11.5 Å². The van der Waals surface area contributed by atoms with Crippen LogP contribution in [0.1, 0.15) is 24.1 Å². The zero-order valence-electron chi connectivity index (χ0n) is 17.3. The molecule has 3 heterocycles. The first-order valence-corrected chi connectivity index (χ1v) is 11.7. The zero-order valence-corrected chi connectivity index (χ0v) is 19.7. The smallest absolute Gasteiger partial charge is 0.315 e. The highest BCUT2D eigenvalue weighted by Crippen LogP contribution is 2.70. The maximum absolute atomic E-state index is 13.6. The summed E-state index contributed by atoms with van der Waals surface area (Å²) in [5.74, 6) is -0.624. The second-order valence-corrected chi connectivity index (χ2v) is 10.3. The number of phenols is 1. The van der Waals surface area contributed by atoms with Gasteiger partial charge in [-0.2, -0.15) is 0 Å². The fourth-order valence-corrected chi connectivity index (χ4v) is 6.90. The van der Waals surface area contributed by atoms with Crippen LogP contribution in [0, 0.1) is 5.92 Å². The van der Waals surface area contributed by atoms with Gasteiger partial charge < -0.3 is 14.6 Å². The molecule has 0 unspecified atom stereocenters. The first-order chi connectivity index (χ1) is 15.7. The van der Waals surface area contributed by atoms with Crippen LogP contribution in [0.25, 0.3) is 6.08 Å². The summed E-state index contributed by atoms with van der Waals surface area (Å²) in [7, 11) is 1.33. The topological polar surface area (TPSA) is 90.1 Å². The average Bonchev–Trinajstić information content (AvgIpc) is 2.99. The molecule has 4 atom stereocenters. The Morgan fingerprint density at radius 2 is 2.09 bits per heavy atom. The summed E-state index contributed by atoms with van der Waals surface area (Å²) in [5.41, 5.74) is -1.10. The van der Waals surface area contributed by atoms with Gasteiger partial charge in [0.15, 0.2) is 10.4 Å². The van der Waals surface area contributed by atoms with Crippen LogP contribution < -0.4 is 19.6 Å². The van der Waals surface area contributed by atoms with Crippen molar-refractivity contribution in [2.45, 2.75) is 24.1 Å². The number of hydrogen-bond acceptors (Lipinski definition) is 7. The van der Waals surface area contributed by atoms with Crippen LogP contribution in [0.3, 0.4) is 0 Å². The molecule has 0 saturated heterocycles. The Bertz CT molecular complexity index is 1560. The van der Waals surface area contributed by atoms with E-state index in [1.807, 2.05) is 31.2 Å². The lowest BCUT2D eigenvalue weighted by Gasteiger charge is -2.26. The van der Waals surface area contributed by atoms with Gasteiger partial charge in [-0.25, -0.2) is 4.99 Å². The van der Waals surface area contributed by atoms with Crippen molar-refractivity contribution >= 4 is 46.6 Å². The van der Waals surface area contributed by atoms with E-state index in [0.29, 0.717) is 25.7 Å². The molecule has 6 rings (SSSR count). The van der Waals surface area contributed by atoms with Crippen molar-refractivity contribution in [3.8, 4) is 11.5 Å². The first kappa shape index (κ1) is 20.8. The summed E-state index contributed by atoms with van der Waals surface area (Å²) in [6, 6.07) is 9.85. The number of aromatic hydroxyl groups is 1. The molecule has 7 nitrogen and oxygen atoms in total. The maximum Gasteiger partial charge on any atom is 0.315 e. The highest BCUT2D eigenvalue weighted by atomic mass is 35.5. The molecular formula is C23H16Cl2N2O5S. The fourth-order valence-electron chi connectivity index (χ4n) is 5.30. The summed E-state index contributed by atoms with van der Waals surface area (Å²) >= 11 is 13.3. The number of carbonyl (C=O) groups excluding carboxylic acids is 1. The van der Waals surface area contributed by atoms with Crippen LogP contribution in [0.15, 0.2) is 46.2 Å². The van der Waals surface area contributed by atoms with Gasteiger partial charge in [0.1, 0.15) is 29.0 Å². The van der Waals surface area contributed by atoms with E-state index in [2.05, 4.69) is 0 Å². The molecule has 0 bridgehead atoms. The molecular weight excluding hydrogens is 487 g/mol. The van der Waals surface area contributed by atoms with E-state index < -0.39 is 29.1 Å². The molecule has 1 N–H and O–H groups in total. The standard InChI is InChI=1S/C23H16Cl2N2O5S/c1-22-17(20(30)31-2)23(22)18(12-5-3-4-6-14(12)32-23)27-19(29)15(33-21(27)26-22)8-10-7-11(24)9-13(25)16(10)28/h3-9,17-18,28H,1-2H3/t17-,18+,22+,23-/m1/s1. The number of hydrogen-bond donors (Lipinski definition) is 1. The number of aromatic nitrogens is 1. The molecule has 1 aromatic heterocycles. The lowest BCUT2D eigenvalue weighted by molar-refractivity contribution is -0.144. The third kappa shape index (κ3) is 2.48. The van der Waals surface area contributed by atoms with Crippen LogP contribution >= 0.6 is 34.5 Å². The van der Waals surface area contributed by atoms with Gasteiger partial charge in [-0.1, -0.05) is 52.7 Å². The summed E-state index contributed by atoms with van der Waals surface area (Å²) < 4.78 is 13.3. The van der Waals surface area contributed by atoms with Crippen LogP contribution in [-0.2, 0) is 9.53 Å². The van der Waals surface area contributed by atoms with Crippen molar-refractivity contribution in [3.63, 3.8) is 0 Å². The highest BCUT2D eigenvalue weighted by molar-refractivity contribution is 7.07. The van der Waals surface area contributed by atoms with Crippen molar-refractivity contribution in [1.82, 2.24) is 4.57 Å². The third-order valence-corrected chi connectivity index (χ3v) is 8.29. The number of halogens is 2. The Labute approximate surface area is 201 Å². The van der Waals surface area contributed by atoms with E-state index in [0.717, 1.165) is 5.56 Å². The van der Waals surface area contributed by atoms with Crippen molar-refractivity contribution in [3.05, 3.63) is 77.3 Å². The van der Waals surface area contributed by atoms with Crippen molar-refractivity contribution < 1.29 is 19.4 Å². The van der Waals surface area contributed by atoms with Crippen LogP contribution in [0.2, 0.25) is 10.0 Å². The van der Waals surface area contributed by atoms with E-state index in [1.54, 1.807) is 10.6 Å². The first-order valence-electron chi connectivity index (χ1n) is 10.1. The molecule has 0 radical (unpaired) electrons. The van der Waals surface area contributed by atoms with Crippen LogP contribution in [-0.4, -0.2) is 33.9 Å². The molecule has 1 aliphatic carbocycles. The fraction of sp³-hybridized carbons (Fsp3) is 0.261. The number of fused-ring (bicyclic) bond motifs is 4. The van der Waals surface area contributed by atoms with Crippen molar-refractivity contribution in [1.29, 1.82) is 0 Å². The van der Waals surface area contributed by atoms with E-state index >= 15 is 0 Å². The molecule has 1 saturated carbocycles. The number of nitrogens with zero attached hydrogens (tertiary/aromatic N) is 2. The largest absolute Gasteiger partial charge is 0.506 e. The predicted molar refractivity (Wildman–Crippen MR) is 123 cm³/mol. The van der Waals surface area contributed by atoms with Gasteiger partial charge in [0.2, 0.25) is 0 Å². The minimum absolute atomic E-state index is 0.0895. The molecule has 0 amide bonds. The Balaban J connectivity index is 1.63. The number of thiazole rings is 1. The highest BCUT2D eigenvalue weighted by Gasteiger charge is 2.88. The number of carbonyl (C=O) groups is 1. The lowest BCUT2D eigenvalue weighted by Crippen LogP contribution is -2.47. The van der Waals surface area contributed by atoms with Gasteiger partial charge in [-0.05, 0) is 31.2 Å². The van der Waals surface area contributed by atoms with Gasteiger partial charge in [0, 0.05) is 16.1 Å². The second kappa shape index (κ2) is 6.62. The number of para-hydroxylation sites is 1. The number of methoxy groups -OCH3 is 1. The van der Waals surface area contributed by atoms with Gasteiger partial charge in [-0.3, -0.25) is 14.2 Å². The average molecular weight is 503 g/mol. The number of ether oxygens (including phenoxy) is 2. The van der Waals surface area contributed by atoms with Crippen LogP contribution in [0.4, 0.5) is 0 Å². The molecule has 10 heteroatoms. The minimum atomic E-state index is -1.04. The molecule has 168 valence electrons. The predicted octanol–water partition coefficient (Wildman–Crippen LogP) is 2.67. The number of benzene rings is 2. The Kier molecular flexibility index (Phi) is 4.17. The monoisotopic (exact) mass is 502 g/mol. The summed E-state index contributed by atoms with van der Waals surface area (Å²) in [5, 5.41) is 10.8. The Morgan fingerprint density at radius 3 is 2.85 bits per heavy atom.